The van der Waals surface area contributed by atoms with Gasteiger partial charge in [0.1, 0.15) is 12.4 Å². The topological polar surface area (TPSA) is 25.4 Å². The van der Waals surface area contributed by atoms with Crippen molar-refractivity contribution in [2.75, 3.05) is 20.2 Å². The number of pyridine rings is 1. The Morgan fingerprint density at radius 2 is 2.33 bits per heavy atom. The summed E-state index contributed by atoms with van der Waals surface area (Å²) < 4.78 is 5.89. The van der Waals surface area contributed by atoms with Gasteiger partial charge in [0.15, 0.2) is 0 Å². The molecule has 1 aromatic heterocycles. The highest BCUT2D eigenvalue weighted by Crippen LogP contribution is 2.21. The molecule has 1 saturated heterocycles. The molecular weight excluding hydrogens is 224 g/mol. The molecule has 0 N–H and O–H groups in total. The normalized spacial score (nSPS) is 20.4. The first kappa shape index (κ1) is 11.5. The van der Waals surface area contributed by atoms with Crippen LogP contribution in [0.2, 0.25) is 0 Å². The fourth-order valence-electron chi connectivity index (χ4n) is 2.52. The number of aromatic nitrogens is 1. The molecule has 1 aliphatic heterocycles. The van der Waals surface area contributed by atoms with Crippen molar-refractivity contribution < 1.29 is 4.74 Å². The molecular formula is C15H18N2O. The molecule has 1 aromatic carbocycles. The molecule has 0 spiro atoms. The maximum atomic E-state index is 5.89. The first-order valence-corrected chi connectivity index (χ1v) is 6.51. The van der Waals surface area contributed by atoms with E-state index in [2.05, 4.69) is 29.1 Å². The van der Waals surface area contributed by atoms with E-state index in [1.54, 1.807) is 0 Å². The van der Waals surface area contributed by atoms with Crippen LogP contribution in [-0.4, -0.2) is 36.1 Å². The van der Waals surface area contributed by atoms with Crippen molar-refractivity contribution >= 4 is 10.9 Å². The van der Waals surface area contributed by atoms with Gasteiger partial charge in [0.25, 0.3) is 0 Å². The first-order valence-electron chi connectivity index (χ1n) is 6.51. The molecule has 0 unspecified atom stereocenters. The number of fused-ring (bicyclic) bond motifs is 1. The highest BCUT2D eigenvalue weighted by Gasteiger charge is 2.21. The van der Waals surface area contributed by atoms with Crippen LogP contribution < -0.4 is 4.74 Å². The second-order valence-corrected chi connectivity index (χ2v) is 4.95. The average molecular weight is 242 g/mol. The third-order valence-electron chi connectivity index (χ3n) is 3.69. The predicted octanol–water partition coefficient (Wildman–Crippen LogP) is 2.71. The molecule has 18 heavy (non-hydrogen) atoms. The summed E-state index contributed by atoms with van der Waals surface area (Å²) in [4.78, 5) is 6.72. The minimum atomic E-state index is 0.560. The molecule has 3 nitrogen and oxygen atoms in total. The van der Waals surface area contributed by atoms with Gasteiger partial charge in [-0.2, -0.15) is 0 Å². The SMILES string of the molecule is CN1CCC[C@H]1COc1ccc2cccnc2c1. The first-order chi connectivity index (χ1) is 8.83. The van der Waals surface area contributed by atoms with Crippen LogP contribution in [0.1, 0.15) is 12.8 Å². The maximum Gasteiger partial charge on any atom is 0.121 e. The zero-order valence-corrected chi connectivity index (χ0v) is 10.7. The molecule has 1 atom stereocenters. The largest absolute Gasteiger partial charge is 0.492 e. The van der Waals surface area contributed by atoms with Crippen LogP contribution in [0.25, 0.3) is 10.9 Å². The van der Waals surface area contributed by atoms with E-state index < -0.39 is 0 Å². The van der Waals surface area contributed by atoms with E-state index in [-0.39, 0.29) is 0 Å². The van der Waals surface area contributed by atoms with Gasteiger partial charge in [-0.1, -0.05) is 6.07 Å². The molecule has 0 aliphatic carbocycles. The van der Waals surface area contributed by atoms with E-state index in [9.17, 15) is 0 Å². The lowest BCUT2D eigenvalue weighted by atomic mass is 10.2. The number of hydrogen-bond donors (Lipinski definition) is 0. The highest BCUT2D eigenvalue weighted by atomic mass is 16.5. The molecule has 2 heterocycles. The monoisotopic (exact) mass is 242 g/mol. The Bertz CT molecular complexity index is 541. The second kappa shape index (κ2) is 4.94. The summed E-state index contributed by atoms with van der Waals surface area (Å²) in [5, 5.41) is 1.16. The van der Waals surface area contributed by atoms with Gasteiger partial charge in [-0.3, -0.25) is 4.98 Å². The van der Waals surface area contributed by atoms with E-state index >= 15 is 0 Å². The Hall–Kier alpha value is -1.61. The summed E-state index contributed by atoms with van der Waals surface area (Å²) in [7, 11) is 2.17. The Morgan fingerprint density at radius 1 is 1.39 bits per heavy atom. The van der Waals surface area contributed by atoms with Crippen LogP contribution in [0.15, 0.2) is 36.5 Å². The van der Waals surface area contributed by atoms with Gasteiger partial charge >= 0.3 is 0 Å². The van der Waals surface area contributed by atoms with Crippen molar-refractivity contribution in [1.82, 2.24) is 9.88 Å². The van der Waals surface area contributed by atoms with Crippen molar-refractivity contribution in [3.8, 4) is 5.75 Å². The quantitative estimate of drug-likeness (QED) is 0.827. The summed E-state index contributed by atoms with van der Waals surface area (Å²) >= 11 is 0. The molecule has 2 aromatic rings. The minimum absolute atomic E-state index is 0.560. The minimum Gasteiger partial charge on any atom is -0.492 e. The van der Waals surface area contributed by atoms with Crippen LogP contribution in [0.3, 0.4) is 0 Å². The van der Waals surface area contributed by atoms with Gasteiger partial charge < -0.3 is 9.64 Å². The van der Waals surface area contributed by atoms with Crippen LogP contribution in [0.4, 0.5) is 0 Å². The average Bonchev–Trinajstić information content (AvgIpc) is 2.82. The van der Waals surface area contributed by atoms with E-state index in [0.29, 0.717) is 6.04 Å². The third kappa shape index (κ3) is 2.31. The van der Waals surface area contributed by atoms with E-state index in [1.165, 1.54) is 19.4 Å². The number of nitrogens with zero attached hydrogens (tertiary/aromatic N) is 2. The number of ether oxygens (including phenoxy) is 1. The van der Waals surface area contributed by atoms with Crippen LogP contribution in [0, 0.1) is 0 Å². The number of likely N-dealkylation sites (N-methyl/N-ethyl adjacent to an activating group) is 1. The zero-order chi connectivity index (χ0) is 12.4. The van der Waals surface area contributed by atoms with Crippen molar-refractivity contribution in [3.63, 3.8) is 0 Å². The van der Waals surface area contributed by atoms with Gasteiger partial charge in [-0.15, -0.1) is 0 Å². The highest BCUT2D eigenvalue weighted by molar-refractivity contribution is 5.79. The van der Waals surface area contributed by atoms with Gasteiger partial charge in [0.05, 0.1) is 5.52 Å². The van der Waals surface area contributed by atoms with Crippen molar-refractivity contribution in [2.24, 2.45) is 0 Å². The standard InChI is InChI=1S/C15H18N2O/c1-17-9-3-5-13(17)11-18-14-7-6-12-4-2-8-16-15(12)10-14/h2,4,6-8,10,13H,3,5,9,11H2,1H3/t13-/m0/s1. The molecule has 3 heteroatoms. The third-order valence-corrected chi connectivity index (χ3v) is 3.69. The number of benzene rings is 1. The fourth-order valence-corrected chi connectivity index (χ4v) is 2.52. The molecule has 3 rings (SSSR count). The summed E-state index contributed by atoms with van der Waals surface area (Å²) in [5.41, 5.74) is 0.995. The zero-order valence-electron chi connectivity index (χ0n) is 10.7. The van der Waals surface area contributed by atoms with Gasteiger partial charge in [0, 0.05) is 23.7 Å². The van der Waals surface area contributed by atoms with E-state index in [4.69, 9.17) is 4.74 Å². The second-order valence-electron chi connectivity index (χ2n) is 4.95. The maximum absolute atomic E-state index is 5.89. The number of rotatable bonds is 3. The lowest BCUT2D eigenvalue weighted by molar-refractivity contribution is 0.198. The molecule has 0 saturated carbocycles. The van der Waals surface area contributed by atoms with Gasteiger partial charge in [-0.05, 0) is 44.6 Å². The smallest absolute Gasteiger partial charge is 0.121 e. The number of hydrogen-bond acceptors (Lipinski definition) is 3. The molecule has 1 fully saturated rings. The fraction of sp³-hybridized carbons (Fsp3) is 0.400. The summed E-state index contributed by atoms with van der Waals surface area (Å²) in [6.45, 7) is 1.96. The van der Waals surface area contributed by atoms with Crippen molar-refractivity contribution in [1.29, 1.82) is 0 Å². The molecule has 0 bridgehead atoms. The number of likely N-dealkylation sites (tertiary alicyclic amines) is 1. The Labute approximate surface area is 107 Å². The Balaban J connectivity index is 1.71. The van der Waals surface area contributed by atoms with Crippen molar-refractivity contribution in [3.05, 3.63) is 36.5 Å². The molecule has 0 amide bonds. The van der Waals surface area contributed by atoms with E-state index in [0.717, 1.165) is 23.3 Å². The predicted molar refractivity (Wildman–Crippen MR) is 72.9 cm³/mol. The lowest BCUT2D eigenvalue weighted by Crippen LogP contribution is -2.30. The van der Waals surface area contributed by atoms with Crippen molar-refractivity contribution in [2.45, 2.75) is 18.9 Å². The Morgan fingerprint density at radius 3 is 3.17 bits per heavy atom. The van der Waals surface area contributed by atoms with Crippen LogP contribution in [0.5, 0.6) is 5.75 Å². The summed E-state index contributed by atoms with van der Waals surface area (Å²) in [5.74, 6) is 0.918. The lowest BCUT2D eigenvalue weighted by Gasteiger charge is -2.19. The van der Waals surface area contributed by atoms with Crippen LogP contribution in [-0.2, 0) is 0 Å². The van der Waals surface area contributed by atoms with Gasteiger partial charge in [0.2, 0.25) is 0 Å². The molecule has 94 valence electrons. The molecule has 0 radical (unpaired) electrons. The molecule has 1 aliphatic rings. The van der Waals surface area contributed by atoms with Crippen LogP contribution >= 0.6 is 0 Å². The van der Waals surface area contributed by atoms with Gasteiger partial charge in [-0.25, -0.2) is 0 Å². The summed E-state index contributed by atoms with van der Waals surface area (Å²) in [6.07, 6.45) is 4.34. The Kier molecular flexibility index (Phi) is 3.15. The summed E-state index contributed by atoms with van der Waals surface area (Å²) in [6, 6.07) is 10.7. The van der Waals surface area contributed by atoms with E-state index in [1.807, 2.05) is 24.4 Å².